The van der Waals surface area contributed by atoms with Gasteiger partial charge in [-0.3, -0.25) is 0 Å². The van der Waals surface area contributed by atoms with Gasteiger partial charge in [-0.25, -0.2) is 0 Å². The first-order valence-electron chi connectivity index (χ1n) is 5.55. The van der Waals surface area contributed by atoms with Crippen LogP contribution in [0.2, 0.25) is 5.02 Å². The Morgan fingerprint density at radius 2 is 2.18 bits per heavy atom. The summed E-state index contributed by atoms with van der Waals surface area (Å²) in [6, 6.07) is 7.44. The average molecular weight is 271 g/mol. The number of halogens is 1. The molecule has 1 aromatic heterocycles. The fourth-order valence-corrected chi connectivity index (χ4v) is 2.53. The predicted molar refractivity (Wildman–Crippen MR) is 73.8 cm³/mol. The van der Waals surface area contributed by atoms with Gasteiger partial charge < -0.3 is 9.52 Å². The Hall–Kier alpha value is -0.640. The maximum Gasteiger partial charge on any atom is 0.152 e. The van der Waals surface area contributed by atoms with Crippen molar-refractivity contribution in [2.75, 3.05) is 5.75 Å². The number of furan rings is 1. The van der Waals surface area contributed by atoms with E-state index in [1.807, 2.05) is 18.2 Å². The van der Waals surface area contributed by atoms with Crippen LogP contribution in [0.25, 0.3) is 11.0 Å². The maximum absolute atomic E-state index is 10.0. The first kappa shape index (κ1) is 12.8. The zero-order valence-corrected chi connectivity index (χ0v) is 11.4. The fraction of sp³-hybridized carbons (Fsp3) is 0.385. The molecule has 17 heavy (non-hydrogen) atoms. The van der Waals surface area contributed by atoms with E-state index in [2.05, 4.69) is 13.8 Å². The highest BCUT2D eigenvalue weighted by Gasteiger charge is 2.15. The molecule has 0 saturated heterocycles. The summed E-state index contributed by atoms with van der Waals surface area (Å²) in [6.45, 7) is 4.21. The molecule has 1 unspecified atom stereocenters. The predicted octanol–water partition coefficient (Wildman–Crippen LogP) is 4.26. The van der Waals surface area contributed by atoms with E-state index < -0.39 is 6.10 Å². The molecule has 2 rings (SSSR count). The van der Waals surface area contributed by atoms with E-state index in [-0.39, 0.29) is 0 Å². The molecule has 0 saturated carbocycles. The van der Waals surface area contributed by atoms with Crippen LogP contribution in [0.15, 0.2) is 28.7 Å². The zero-order valence-electron chi connectivity index (χ0n) is 9.81. The molecule has 1 aromatic carbocycles. The van der Waals surface area contributed by atoms with Crippen LogP contribution in [-0.4, -0.2) is 16.1 Å². The molecular formula is C13H15ClO2S. The minimum absolute atomic E-state index is 0.498. The lowest BCUT2D eigenvalue weighted by atomic mass is 10.2. The van der Waals surface area contributed by atoms with Gasteiger partial charge in [0.1, 0.15) is 11.9 Å². The number of hydrogen-bond acceptors (Lipinski definition) is 3. The van der Waals surface area contributed by atoms with Gasteiger partial charge in [0.05, 0.1) is 5.02 Å². The molecule has 1 N–H and O–H groups in total. The molecule has 0 aliphatic rings. The van der Waals surface area contributed by atoms with E-state index in [4.69, 9.17) is 16.0 Å². The van der Waals surface area contributed by atoms with E-state index in [0.717, 1.165) is 5.39 Å². The van der Waals surface area contributed by atoms with Crippen LogP contribution in [0.5, 0.6) is 0 Å². The summed E-state index contributed by atoms with van der Waals surface area (Å²) in [5.74, 6) is 1.22. The van der Waals surface area contributed by atoms with Crippen molar-refractivity contribution in [3.05, 3.63) is 35.0 Å². The van der Waals surface area contributed by atoms with E-state index in [1.54, 1.807) is 17.8 Å². The van der Waals surface area contributed by atoms with Gasteiger partial charge in [-0.1, -0.05) is 37.6 Å². The molecule has 0 aliphatic heterocycles. The van der Waals surface area contributed by atoms with E-state index in [0.29, 0.717) is 27.4 Å². The summed E-state index contributed by atoms with van der Waals surface area (Å²) >= 11 is 7.73. The van der Waals surface area contributed by atoms with Crippen LogP contribution >= 0.6 is 23.4 Å². The van der Waals surface area contributed by atoms with Gasteiger partial charge in [-0.05, 0) is 17.4 Å². The SMILES string of the molecule is CC(C)SCC(O)c1cc2cccc(Cl)c2o1. The molecule has 92 valence electrons. The van der Waals surface area contributed by atoms with Gasteiger partial charge in [-0.2, -0.15) is 11.8 Å². The van der Waals surface area contributed by atoms with Gasteiger partial charge in [0.2, 0.25) is 0 Å². The quantitative estimate of drug-likeness (QED) is 0.901. The smallest absolute Gasteiger partial charge is 0.152 e. The first-order chi connectivity index (χ1) is 8.08. The molecule has 4 heteroatoms. The topological polar surface area (TPSA) is 33.4 Å². The van der Waals surface area contributed by atoms with Gasteiger partial charge >= 0.3 is 0 Å². The molecule has 1 heterocycles. The van der Waals surface area contributed by atoms with E-state index >= 15 is 0 Å². The summed E-state index contributed by atoms with van der Waals surface area (Å²) in [6.07, 6.45) is -0.578. The first-order valence-corrected chi connectivity index (χ1v) is 6.98. The van der Waals surface area contributed by atoms with Gasteiger partial charge in [0.25, 0.3) is 0 Å². The number of aliphatic hydroxyl groups is 1. The monoisotopic (exact) mass is 270 g/mol. The lowest BCUT2D eigenvalue weighted by Gasteiger charge is -2.08. The Labute approximate surface area is 110 Å². The average Bonchev–Trinajstić information content (AvgIpc) is 2.71. The highest BCUT2D eigenvalue weighted by Crippen LogP contribution is 2.30. The number of thioether (sulfide) groups is 1. The minimum Gasteiger partial charge on any atom is -0.457 e. The van der Waals surface area contributed by atoms with Crippen molar-refractivity contribution in [1.29, 1.82) is 0 Å². The van der Waals surface area contributed by atoms with Crippen molar-refractivity contribution in [1.82, 2.24) is 0 Å². The summed E-state index contributed by atoms with van der Waals surface area (Å²) in [5.41, 5.74) is 0.651. The lowest BCUT2D eigenvalue weighted by Crippen LogP contribution is -2.01. The third kappa shape index (κ3) is 2.97. The highest BCUT2D eigenvalue weighted by molar-refractivity contribution is 7.99. The normalized spacial score (nSPS) is 13.5. The van der Waals surface area contributed by atoms with Crippen LogP contribution in [-0.2, 0) is 0 Å². The Bertz CT molecular complexity index is 507. The van der Waals surface area contributed by atoms with Crippen molar-refractivity contribution in [3.63, 3.8) is 0 Å². The molecule has 1 atom stereocenters. The third-order valence-electron chi connectivity index (χ3n) is 2.43. The molecule has 2 aromatic rings. The standard InChI is InChI=1S/C13H15ClO2S/c1-8(2)17-7-11(15)12-6-9-4-3-5-10(14)13(9)16-12/h3-6,8,11,15H,7H2,1-2H3. The second-order valence-electron chi connectivity index (χ2n) is 4.20. The van der Waals surface area contributed by atoms with Crippen molar-refractivity contribution in [2.45, 2.75) is 25.2 Å². The molecule has 0 radical (unpaired) electrons. The lowest BCUT2D eigenvalue weighted by molar-refractivity contribution is 0.176. The number of rotatable bonds is 4. The van der Waals surface area contributed by atoms with Gasteiger partial charge in [-0.15, -0.1) is 0 Å². The van der Waals surface area contributed by atoms with Crippen LogP contribution in [0.1, 0.15) is 25.7 Å². The molecule has 0 aliphatic carbocycles. The number of benzene rings is 1. The summed E-state index contributed by atoms with van der Waals surface area (Å²) in [5, 5.41) is 12.0. The minimum atomic E-state index is -0.578. The van der Waals surface area contributed by atoms with Crippen molar-refractivity contribution in [2.24, 2.45) is 0 Å². The second kappa shape index (κ2) is 5.34. The van der Waals surface area contributed by atoms with Crippen molar-refractivity contribution >= 4 is 34.3 Å². The Morgan fingerprint density at radius 3 is 2.82 bits per heavy atom. The fourth-order valence-electron chi connectivity index (χ4n) is 1.58. The molecule has 0 spiro atoms. The number of aliphatic hydroxyl groups excluding tert-OH is 1. The molecular weight excluding hydrogens is 256 g/mol. The van der Waals surface area contributed by atoms with Crippen LogP contribution in [0, 0.1) is 0 Å². The van der Waals surface area contributed by atoms with Gasteiger partial charge in [0.15, 0.2) is 5.58 Å². The number of para-hydroxylation sites is 1. The zero-order chi connectivity index (χ0) is 12.4. The molecule has 0 amide bonds. The van der Waals surface area contributed by atoms with E-state index in [1.165, 1.54) is 0 Å². The van der Waals surface area contributed by atoms with Crippen molar-refractivity contribution < 1.29 is 9.52 Å². The maximum atomic E-state index is 10.0. The second-order valence-corrected chi connectivity index (χ2v) is 6.22. The summed E-state index contributed by atoms with van der Waals surface area (Å²) in [7, 11) is 0. The number of fused-ring (bicyclic) bond motifs is 1. The van der Waals surface area contributed by atoms with Crippen LogP contribution in [0.3, 0.4) is 0 Å². The van der Waals surface area contributed by atoms with E-state index in [9.17, 15) is 5.11 Å². The Morgan fingerprint density at radius 1 is 1.41 bits per heavy atom. The van der Waals surface area contributed by atoms with Gasteiger partial charge in [0, 0.05) is 11.1 Å². The summed E-state index contributed by atoms with van der Waals surface area (Å²) in [4.78, 5) is 0. The highest BCUT2D eigenvalue weighted by atomic mass is 35.5. The Balaban J connectivity index is 2.21. The summed E-state index contributed by atoms with van der Waals surface area (Å²) < 4.78 is 5.60. The molecule has 0 bridgehead atoms. The third-order valence-corrected chi connectivity index (χ3v) is 3.90. The Kier molecular flexibility index (Phi) is 4.02. The molecule has 0 fully saturated rings. The van der Waals surface area contributed by atoms with Crippen LogP contribution < -0.4 is 0 Å². The molecule has 2 nitrogen and oxygen atoms in total. The largest absolute Gasteiger partial charge is 0.457 e. The number of hydrogen-bond donors (Lipinski definition) is 1. The van der Waals surface area contributed by atoms with Crippen LogP contribution in [0.4, 0.5) is 0 Å². The van der Waals surface area contributed by atoms with Crippen molar-refractivity contribution in [3.8, 4) is 0 Å².